The van der Waals surface area contributed by atoms with Gasteiger partial charge in [0.15, 0.2) is 5.11 Å². The van der Waals surface area contributed by atoms with Crippen molar-refractivity contribution in [1.29, 1.82) is 0 Å². The van der Waals surface area contributed by atoms with Gasteiger partial charge in [0.05, 0.1) is 6.54 Å². The fourth-order valence-corrected chi connectivity index (χ4v) is 2.56. The van der Waals surface area contributed by atoms with E-state index in [1.807, 2.05) is 24.3 Å². The van der Waals surface area contributed by atoms with Crippen molar-refractivity contribution in [2.45, 2.75) is 13.1 Å². The molecule has 1 heterocycles. The van der Waals surface area contributed by atoms with Crippen molar-refractivity contribution >= 4 is 34.9 Å². The van der Waals surface area contributed by atoms with Crippen molar-refractivity contribution in [2.24, 2.45) is 0 Å². The van der Waals surface area contributed by atoms with Crippen molar-refractivity contribution in [3.8, 4) is 0 Å². The summed E-state index contributed by atoms with van der Waals surface area (Å²) in [4.78, 5) is 4.17. The second kappa shape index (κ2) is 8.04. The minimum Gasteiger partial charge on any atom is -0.358 e. The highest BCUT2D eigenvalue weighted by atomic mass is 35.5. The number of hydrogen-bond acceptors (Lipinski definition) is 3. The second-order valence-corrected chi connectivity index (χ2v) is 6.17. The van der Waals surface area contributed by atoms with Gasteiger partial charge in [-0.1, -0.05) is 35.9 Å². The first kappa shape index (κ1) is 17.3. The first-order valence-corrected chi connectivity index (χ1v) is 8.30. The molecule has 5 nitrogen and oxygen atoms in total. The molecule has 2 aromatic carbocycles. The summed E-state index contributed by atoms with van der Waals surface area (Å²) < 4.78 is 14.6. The van der Waals surface area contributed by atoms with Crippen LogP contribution in [0.5, 0.6) is 0 Å². The van der Waals surface area contributed by atoms with Crippen molar-refractivity contribution in [2.75, 3.05) is 5.32 Å². The molecule has 0 radical (unpaired) electrons. The van der Waals surface area contributed by atoms with E-state index in [0.717, 1.165) is 11.1 Å². The molecular formula is C17H15ClFN5S. The van der Waals surface area contributed by atoms with E-state index < -0.39 is 0 Å². The predicted molar refractivity (Wildman–Crippen MR) is 100 cm³/mol. The van der Waals surface area contributed by atoms with Crippen molar-refractivity contribution in [3.63, 3.8) is 0 Å². The molecule has 2 N–H and O–H groups in total. The standard InChI is InChI=1S/C17H15ClFN5S/c18-14-3-1-2-13(8-14)10-24-11-21-16(23-24)22-17(25)20-9-12-4-6-15(19)7-5-12/h1-8,11H,9-10H2,(H2,20,22,23,25). The number of thiocarbonyl (C=S) groups is 1. The Balaban J connectivity index is 1.52. The van der Waals surface area contributed by atoms with E-state index in [9.17, 15) is 4.39 Å². The number of nitrogens with one attached hydrogen (secondary N) is 2. The second-order valence-electron chi connectivity index (χ2n) is 5.33. The van der Waals surface area contributed by atoms with Crippen LogP contribution < -0.4 is 10.6 Å². The fourth-order valence-electron chi connectivity index (χ4n) is 2.18. The average Bonchev–Trinajstić information content (AvgIpc) is 3.01. The van der Waals surface area contributed by atoms with Crippen molar-refractivity contribution in [1.82, 2.24) is 20.1 Å². The summed E-state index contributed by atoms with van der Waals surface area (Å²) in [6, 6.07) is 13.8. The molecular weight excluding hydrogens is 361 g/mol. The van der Waals surface area contributed by atoms with Crippen molar-refractivity contribution in [3.05, 3.63) is 76.8 Å². The third-order valence-corrected chi connectivity index (χ3v) is 3.84. The number of hydrogen-bond donors (Lipinski definition) is 2. The molecule has 0 aliphatic heterocycles. The van der Waals surface area contributed by atoms with Crippen LogP contribution in [-0.2, 0) is 13.1 Å². The molecule has 0 spiro atoms. The van der Waals surface area contributed by atoms with Crippen LogP contribution in [0.4, 0.5) is 10.3 Å². The summed E-state index contributed by atoms with van der Waals surface area (Å²) in [6.07, 6.45) is 1.62. The van der Waals surface area contributed by atoms with Crippen molar-refractivity contribution < 1.29 is 4.39 Å². The maximum absolute atomic E-state index is 12.9. The zero-order chi connectivity index (χ0) is 17.6. The minimum absolute atomic E-state index is 0.265. The van der Waals surface area contributed by atoms with E-state index in [-0.39, 0.29) is 5.82 Å². The number of aromatic nitrogens is 3. The van der Waals surface area contributed by atoms with Crippen LogP contribution >= 0.6 is 23.8 Å². The summed E-state index contributed by atoms with van der Waals surface area (Å²) in [5, 5.41) is 11.3. The molecule has 0 atom stereocenters. The average molecular weight is 376 g/mol. The topological polar surface area (TPSA) is 54.8 Å². The molecule has 0 bridgehead atoms. The Labute approximate surface area is 154 Å². The molecule has 3 rings (SSSR count). The predicted octanol–water partition coefficient (Wildman–Crippen LogP) is 3.61. The number of halogens is 2. The Morgan fingerprint density at radius 1 is 1.16 bits per heavy atom. The van der Waals surface area contributed by atoms with E-state index in [4.69, 9.17) is 23.8 Å². The van der Waals surface area contributed by atoms with Gasteiger partial charge in [0.1, 0.15) is 12.1 Å². The van der Waals surface area contributed by atoms with Crippen LogP contribution in [0.1, 0.15) is 11.1 Å². The summed E-state index contributed by atoms with van der Waals surface area (Å²) in [5.74, 6) is 0.137. The Hall–Kier alpha value is -2.51. The van der Waals surface area contributed by atoms with Crippen LogP contribution in [0.2, 0.25) is 5.02 Å². The lowest BCUT2D eigenvalue weighted by atomic mass is 10.2. The lowest BCUT2D eigenvalue weighted by Gasteiger charge is -2.08. The largest absolute Gasteiger partial charge is 0.358 e. The van der Waals surface area contributed by atoms with Gasteiger partial charge in [-0.2, -0.15) is 0 Å². The van der Waals surface area contributed by atoms with E-state index >= 15 is 0 Å². The van der Waals surface area contributed by atoms with Gasteiger partial charge in [-0.25, -0.2) is 14.1 Å². The quantitative estimate of drug-likeness (QED) is 0.667. The summed E-state index contributed by atoms with van der Waals surface area (Å²) in [7, 11) is 0. The van der Waals surface area contributed by atoms with Gasteiger partial charge >= 0.3 is 0 Å². The lowest BCUT2D eigenvalue weighted by Crippen LogP contribution is -2.28. The van der Waals surface area contributed by atoms with Crippen LogP contribution in [0.3, 0.4) is 0 Å². The van der Waals surface area contributed by atoms with Crippen LogP contribution in [-0.4, -0.2) is 19.9 Å². The maximum Gasteiger partial charge on any atom is 0.248 e. The fraction of sp³-hybridized carbons (Fsp3) is 0.118. The van der Waals surface area contributed by atoms with Gasteiger partial charge in [0, 0.05) is 11.6 Å². The van der Waals surface area contributed by atoms with E-state index in [1.54, 1.807) is 23.1 Å². The Bertz CT molecular complexity index is 865. The lowest BCUT2D eigenvalue weighted by molar-refractivity contribution is 0.627. The van der Waals surface area contributed by atoms with Crippen LogP contribution in [0, 0.1) is 5.82 Å². The monoisotopic (exact) mass is 375 g/mol. The molecule has 1 aromatic heterocycles. The number of rotatable bonds is 5. The Morgan fingerprint density at radius 3 is 2.72 bits per heavy atom. The van der Waals surface area contributed by atoms with Crippen LogP contribution in [0.15, 0.2) is 54.9 Å². The molecule has 25 heavy (non-hydrogen) atoms. The van der Waals surface area contributed by atoms with Gasteiger partial charge in [0.25, 0.3) is 0 Å². The Morgan fingerprint density at radius 2 is 1.96 bits per heavy atom. The third kappa shape index (κ3) is 5.23. The molecule has 0 fully saturated rings. The molecule has 8 heteroatoms. The molecule has 0 amide bonds. The van der Waals surface area contributed by atoms with Gasteiger partial charge in [-0.05, 0) is 47.6 Å². The smallest absolute Gasteiger partial charge is 0.248 e. The number of anilines is 1. The zero-order valence-electron chi connectivity index (χ0n) is 13.1. The summed E-state index contributed by atoms with van der Waals surface area (Å²) >= 11 is 11.2. The highest BCUT2D eigenvalue weighted by Crippen LogP contribution is 2.12. The molecule has 0 saturated heterocycles. The molecule has 0 aliphatic carbocycles. The van der Waals surface area contributed by atoms with E-state index in [1.165, 1.54) is 12.1 Å². The minimum atomic E-state index is -0.265. The molecule has 0 unspecified atom stereocenters. The van der Waals surface area contributed by atoms with Gasteiger partial charge in [-0.15, -0.1) is 5.10 Å². The van der Waals surface area contributed by atoms with Gasteiger partial charge in [0.2, 0.25) is 5.95 Å². The number of nitrogens with zero attached hydrogens (tertiary/aromatic N) is 3. The van der Waals surface area contributed by atoms with Gasteiger partial charge in [-0.3, -0.25) is 5.32 Å². The molecule has 0 aliphatic rings. The van der Waals surface area contributed by atoms with E-state index in [0.29, 0.717) is 29.2 Å². The maximum atomic E-state index is 12.9. The van der Waals surface area contributed by atoms with Gasteiger partial charge < -0.3 is 5.32 Å². The molecule has 128 valence electrons. The summed E-state index contributed by atoms with van der Waals surface area (Å²) in [5.41, 5.74) is 1.95. The molecule has 3 aromatic rings. The first-order valence-electron chi connectivity index (χ1n) is 7.52. The highest BCUT2D eigenvalue weighted by Gasteiger charge is 2.04. The summed E-state index contributed by atoms with van der Waals surface area (Å²) in [6.45, 7) is 1.04. The zero-order valence-corrected chi connectivity index (χ0v) is 14.7. The third-order valence-electron chi connectivity index (χ3n) is 3.36. The number of benzene rings is 2. The van der Waals surface area contributed by atoms with E-state index in [2.05, 4.69) is 20.7 Å². The van der Waals surface area contributed by atoms with Crippen LogP contribution in [0.25, 0.3) is 0 Å². The SMILES string of the molecule is Fc1ccc(CNC(=S)Nc2ncn(Cc3cccc(Cl)c3)n2)cc1. The molecule has 0 saturated carbocycles. The first-order chi connectivity index (χ1) is 12.1. The normalized spacial score (nSPS) is 10.5. The highest BCUT2D eigenvalue weighted by molar-refractivity contribution is 7.80. The Kier molecular flexibility index (Phi) is 5.57.